The summed E-state index contributed by atoms with van der Waals surface area (Å²) in [6, 6.07) is 12.1. The lowest BCUT2D eigenvalue weighted by atomic mass is 10.1. The van der Waals surface area contributed by atoms with Crippen molar-refractivity contribution >= 4 is 33.4 Å². The number of carbonyl (C=O) groups excluding carboxylic acids is 2. The van der Waals surface area contributed by atoms with Gasteiger partial charge >= 0.3 is 0 Å². The molecule has 0 aromatic heterocycles. The molecule has 2 aromatic carbocycles. The molecular weight excluding hydrogens is 454 g/mol. The topological polar surface area (TPSA) is 96.0 Å². The monoisotopic (exact) mass is 481 g/mol. The quantitative estimate of drug-likeness (QED) is 0.562. The molecule has 2 amide bonds. The predicted molar refractivity (Wildman–Crippen MR) is 123 cm³/mol. The van der Waals surface area contributed by atoms with Crippen molar-refractivity contribution in [2.24, 2.45) is 0 Å². The Morgan fingerprint density at radius 2 is 1.81 bits per heavy atom. The van der Waals surface area contributed by atoms with Crippen LogP contribution in [-0.2, 0) is 26.2 Å². The van der Waals surface area contributed by atoms with Crippen molar-refractivity contribution in [1.29, 1.82) is 0 Å². The van der Waals surface area contributed by atoms with E-state index in [1.165, 1.54) is 50.4 Å². The number of methoxy groups -OCH3 is 1. The van der Waals surface area contributed by atoms with Gasteiger partial charge in [-0.05, 0) is 48.4 Å². The summed E-state index contributed by atoms with van der Waals surface area (Å²) in [5.74, 6) is -0.208. The van der Waals surface area contributed by atoms with Crippen LogP contribution in [0.1, 0.15) is 18.9 Å². The van der Waals surface area contributed by atoms with Crippen LogP contribution in [-0.4, -0.2) is 63.2 Å². The Labute approximate surface area is 194 Å². The molecule has 32 heavy (non-hydrogen) atoms. The van der Waals surface area contributed by atoms with E-state index in [4.69, 9.17) is 16.3 Å². The Morgan fingerprint density at radius 1 is 1.16 bits per heavy atom. The Bertz CT molecular complexity index is 1040. The number of halogens is 1. The van der Waals surface area contributed by atoms with Crippen LogP contribution in [0.4, 0.5) is 0 Å². The van der Waals surface area contributed by atoms with E-state index in [9.17, 15) is 18.0 Å². The maximum Gasteiger partial charge on any atom is 0.243 e. The zero-order valence-corrected chi connectivity index (χ0v) is 20.1. The Balaban J connectivity index is 2.31. The second-order valence-electron chi connectivity index (χ2n) is 7.13. The van der Waals surface area contributed by atoms with E-state index in [0.717, 1.165) is 9.87 Å². The molecule has 0 aliphatic rings. The first-order chi connectivity index (χ1) is 15.1. The van der Waals surface area contributed by atoms with Crippen molar-refractivity contribution < 1.29 is 22.7 Å². The zero-order valence-electron chi connectivity index (χ0n) is 18.5. The third-order valence-corrected chi connectivity index (χ3v) is 7.07. The molecule has 0 bridgehead atoms. The molecule has 0 unspecified atom stereocenters. The van der Waals surface area contributed by atoms with Gasteiger partial charge in [0.2, 0.25) is 21.8 Å². The molecule has 1 N–H and O–H groups in total. The van der Waals surface area contributed by atoms with Crippen molar-refractivity contribution in [3.63, 3.8) is 0 Å². The van der Waals surface area contributed by atoms with Crippen molar-refractivity contribution in [1.82, 2.24) is 14.5 Å². The Kier molecular flexibility index (Phi) is 9.06. The smallest absolute Gasteiger partial charge is 0.243 e. The second kappa shape index (κ2) is 11.3. The molecule has 0 spiro atoms. The SMILES string of the molecule is CC[C@H](C(=O)NC)N(Cc1cccc(OC)c1)C(=O)CN(C)S(=O)(=O)c1ccc(Cl)cc1. The minimum atomic E-state index is -3.92. The first-order valence-electron chi connectivity index (χ1n) is 9.99. The first-order valence-corrected chi connectivity index (χ1v) is 11.8. The standard InChI is InChI=1S/C22H28ClN3O5S/c1-5-20(22(28)24-2)26(14-16-7-6-8-18(13-16)31-4)21(27)15-25(3)32(29,30)19-11-9-17(23)10-12-19/h6-13,20H,5,14-15H2,1-4H3,(H,24,28)/t20-/m1/s1. The lowest BCUT2D eigenvalue weighted by molar-refractivity contribution is -0.141. The molecule has 0 radical (unpaired) electrons. The minimum Gasteiger partial charge on any atom is -0.497 e. The molecule has 2 rings (SSSR count). The molecule has 0 saturated heterocycles. The van der Waals surface area contributed by atoms with E-state index in [-0.39, 0.29) is 17.3 Å². The fourth-order valence-corrected chi connectivity index (χ4v) is 4.45. The average Bonchev–Trinajstić information content (AvgIpc) is 2.78. The van der Waals surface area contributed by atoms with E-state index < -0.39 is 28.5 Å². The van der Waals surface area contributed by atoms with Gasteiger partial charge in [-0.15, -0.1) is 0 Å². The number of nitrogens with one attached hydrogen (secondary N) is 1. The van der Waals surface area contributed by atoms with E-state index >= 15 is 0 Å². The number of sulfonamides is 1. The number of hydrogen-bond acceptors (Lipinski definition) is 5. The van der Waals surface area contributed by atoms with Crippen LogP contribution in [0.25, 0.3) is 0 Å². The van der Waals surface area contributed by atoms with Crippen LogP contribution < -0.4 is 10.1 Å². The number of benzene rings is 2. The van der Waals surface area contributed by atoms with Crippen LogP contribution >= 0.6 is 11.6 Å². The van der Waals surface area contributed by atoms with Crippen LogP contribution in [0.5, 0.6) is 5.75 Å². The van der Waals surface area contributed by atoms with Gasteiger partial charge in [0.05, 0.1) is 18.6 Å². The molecule has 1 atom stereocenters. The van der Waals surface area contributed by atoms with Gasteiger partial charge in [-0.25, -0.2) is 8.42 Å². The number of likely N-dealkylation sites (N-methyl/N-ethyl adjacent to an activating group) is 2. The number of nitrogens with zero attached hydrogens (tertiary/aromatic N) is 2. The summed E-state index contributed by atoms with van der Waals surface area (Å²) >= 11 is 5.84. The van der Waals surface area contributed by atoms with Gasteiger partial charge in [0.25, 0.3) is 0 Å². The van der Waals surface area contributed by atoms with Crippen LogP contribution in [0, 0.1) is 0 Å². The van der Waals surface area contributed by atoms with E-state index in [1.807, 2.05) is 6.07 Å². The van der Waals surface area contributed by atoms with Gasteiger partial charge in [0, 0.05) is 25.7 Å². The van der Waals surface area contributed by atoms with Gasteiger partial charge in [0.1, 0.15) is 11.8 Å². The summed E-state index contributed by atoms with van der Waals surface area (Å²) < 4.78 is 32.0. The Morgan fingerprint density at radius 3 is 2.38 bits per heavy atom. The normalized spacial score (nSPS) is 12.3. The second-order valence-corrected chi connectivity index (χ2v) is 9.61. The molecule has 8 nitrogen and oxygen atoms in total. The molecule has 0 aliphatic carbocycles. The highest BCUT2D eigenvalue weighted by Crippen LogP contribution is 2.20. The van der Waals surface area contributed by atoms with Crippen LogP contribution in [0.2, 0.25) is 5.02 Å². The summed E-state index contributed by atoms with van der Waals surface area (Å²) in [4.78, 5) is 27.1. The van der Waals surface area contributed by atoms with E-state index in [0.29, 0.717) is 17.2 Å². The lowest BCUT2D eigenvalue weighted by Crippen LogP contribution is -2.51. The number of amides is 2. The number of ether oxygens (including phenoxy) is 1. The van der Waals surface area contributed by atoms with Crippen LogP contribution in [0.15, 0.2) is 53.4 Å². The fraction of sp³-hybridized carbons (Fsp3) is 0.364. The number of carbonyl (C=O) groups is 2. The average molecular weight is 482 g/mol. The molecule has 0 aliphatic heterocycles. The minimum absolute atomic E-state index is 0.0230. The van der Waals surface area contributed by atoms with Crippen molar-refractivity contribution in [2.75, 3.05) is 27.7 Å². The van der Waals surface area contributed by atoms with Crippen molar-refractivity contribution in [2.45, 2.75) is 30.8 Å². The lowest BCUT2D eigenvalue weighted by Gasteiger charge is -2.31. The van der Waals surface area contributed by atoms with Gasteiger partial charge in [-0.1, -0.05) is 30.7 Å². The van der Waals surface area contributed by atoms with Crippen molar-refractivity contribution in [3.8, 4) is 5.75 Å². The fourth-order valence-electron chi connectivity index (χ4n) is 3.21. The largest absolute Gasteiger partial charge is 0.497 e. The Hall–Kier alpha value is -2.62. The molecule has 0 saturated carbocycles. The predicted octanol–water partition coefficient (Wildman–Crippen LogP) is 2.52. The molecule has 0 heterocycles. The summed E-state index contributed by atoms with van der Waals surface area (Å²) in [6.45, 7) is 1.49. The highest BCUT2D eigenvalue weighted by molar-refractivity contribution is 7.89. The number of rotatable bonds is 10. The number of hydrogen-bond donors (Lipinski definition) is 1. The third kappa shape index (κ3) is 6.21. The summed E-state index contributed by atoms with van der Waals surface area (Å²) in [6.07, 6.45) is 0.364. The van der Waals surface area contributed by atoms with Gasteiger partial charge in [-0.2, -0.15) is 4.31 Å². The summed E-state index contributed by atoms with van der Waals surface area (Å²) in [5, 5.41) is 2.98. The van der Waals surface area contributed by atoms with Crippen molar-refractivity contribution in [3.05, 3.63) is 59.1 Å². The van der Waals surface area contributed by atoms with Gasteiger partial charge in [-0.3, -0.25) is 9.59 Å². The highest BCUT2D eigenvalue weighted by Gasteiger charge is 2.31. The molecule has 10 heteroatoms. The van der Waals surface area contributed by atoms with E-state index in [2.05, 4.69) is 5.32 Å². The zero-order chi connectivity index (χ0) is 23.9. The van der Waals surface area contributed by atoms with Gasteiger partial charge < -0.3 is 15.0 Å². The molecular formula is C22H28ClN3O5S. The highest BCUT2D eigenvalue weighted by atomic mass is 35.5. The molecule has 0 fully saturated rings. The van der Waals surface area contributed by atoms with Crippen LogP contribution in [0.3, 0.4) is 0 Å². The maximum atomic E-state index is 13.3. The van der Waals surface area contributed by atoms with Gasteiger partial charge in [0.15, 0.2) is 0 Å². The first kappa shape index (κ1) is 25.6. The summed E-state index contributed by atoms with van der Waals surface area (Å²) in [7, 11) is 0.442. The maximum absolute atomic E-state index is 13.3. The summed E-state index contributed by atoms with van der Waals surface area (Å²) in [5.41, 5.74) is 0.753. The third-order valence-electron chi connectivity index (χ3n) is 5.00. The van der Waals surface area contributed by atoms with E-state index in [1.54, 1.807) is 25.1 Å². The molecule has 174 valence electrons. The molecule has 2 aromatic rings.